The number of ether oxygens (including phenoxy) is 1. The van der Waals surface area contributed by atoms with E-state index in [0.717, 1.165) is 24.1 Å². The van der Waals surface area contributed by atoms with Crippen LogP contribution in [0, 0.1) is 0 Å². The third-order valence-corrected chi connectivity index (χ3v) is 5.11. The Kier molecular flexibility index (Phi) is 5.66. The molecule has 25 heavy (non-hydrogen) atoms. The molecule has 0 spiro atoms. The second-order valence-corrected chi connectivity index (χ2v) is 7.06. The van der Waals surface area contributed by atoms with Gasteiger partial charge < -0.3 is 10.1 Å². The van der Waals surface area contributed by atoms with Crippen molar-refractivity contribution in [1.29, 1.82) is 0 Å². The lowest BCUT2D eigenvalue weighted by Crippen LogP contribution is -2.39. The van der Waals surface area contributed by atoms with E-state index >= 15 is 0 Å². The van der Waals surface area contributed by atoms with Crippen LogP contribution in [0.3, 0.4) is 0 Å². The molecule has 0 fully saturated rings. The molecule has 0 radical (unpaired) electrons. The van der Waals surface area contributed by atoms with Crippen molar-refractivity contribution in [1.82, 2.24) is 5.32 Å². The summed E-state index contributed by atoms with van der Waals surface area (Å²) in [6, 6.07) is 12.0. The Bertz CT molecular complexity index is 767. The lowest BCUT2D eigenvalue weighted by atomic mass is 9.87. The molecule has 0 aliphatic heterocycles. The summed E-state index contributed by atoms with van der Waals surface area (Å²) < 4.78 is 5.21. The van der Waals surface area contributed by atoms with Gasteiger partial charge in [0.25, 0.3) is 5.91 Å². The van der Waals surface area contributed by atoms with Gasteiger partial charge in [-0.05, 0) is 54.8 Å². The maximum Gasteiger partial charge on any atom is 0.331 e. The molecule has 130 valence electrons. The molecular formula is C20H21NO3S. The fourth-order valence-electron chi connectivity index (χ4n) is 3.00. The van der Waals surface area contributed by atoms with E-state index in [0.29, 0.717) is 0 Å². The molecular weight excluding hydrogens is 334 g/mol. The molecule has 3 rings (SSSR count). The predicted molar refractivity (Wildman–Crippen MR) is 99.2 cm³/mol. The van der Waals surface area contributed by atoms with Gasteiger partial charge in [-0.2, -0.15) is 0 Å². The molecule has 2 aromatic rings. The van der Waals surface area contributed by atoms with Crippen molar-refractivity contribution in [3.63, 3.8) is 0 Å². The van der Waals surface area contributed by atoms with Crippen LogP contribution < -0.4 is 5.32 Å². The van der Waals surface area contributed by atoms with Crippen LogP contribution >= 0.6 is 11.3 Å². The highest BCUT2D eigenvalue weighted by molar-refractivity contribution is 7.10. The largest absolute Gasteiger partial charge is 0.449 e. The maximum absolute atomic E-state index is 12.4. The van der Waals surface area contributed by atoms with Crippen molar-refractivity contribution in [2.24, 2.45) is 0 Å². The van der Waals surface area contributed by atoms with E-state index in [1.807, 2.05) is 29.6 Å². The second-order valence-electron chi connectivity index (χ2n) is 6.08. The number of fused-ring (bicyclic) bond motifs is 1. The van der Waals surface area contributed by atoms with Crippen molar-refractivity contribution in [2.45, 2.75) is 38.3 Å². The Balaban J connectivity index is 1.55. The Morgan fingerprint density at radius 2 is 2.12 bits per heavy atom. The summed E-state index contributed by atoms with van der Waals surface area (Å²) in [5.74, 6) is -0.778. The lowest BCUT2D eigenvalue weighted by Gasteiger charge is -2.27. The van der Waals surface area contributed by atoms with Gasteiger partial charge in [-0.1, -0.05) is 30.3 Å². The third kappa shape index (κ3) is 4.57. The molecule has 0 bridgehead atoms. The molecule has 1 aliphatic carbocycles. The van der Waals surface area contributed by atoms with Gasteiger partial charge in [-0.3, -0.25) is 4.79 Å². The number of rotatable bonds is 5. The lowest BCUT2D eigenvalue weighted by molar-refractivity contribution is -0.150. The van der Waals surface area contributed by atoms with E-state index in [2.05, 4.69) is 17.4 Å². The van der Waals surface area contributed by atoms with Crippen molar-refractivity contribution in [3.05, 3.63) is 63.9 Å². The van der Waals surface area contributed by atoms with E-state index < -0.39 is 12.1 Å². The van der Waals surface area contributed by atoms with Gasteiger partial charge >= 0.3 is 5.97 Å². The van der Waals surface area contributed by atoms with Gasteiger partial charge in [0.05, 0.1) is 6.04 Å². The monoisotopic (exact) mass is 355 g/mol. The third-order valence-electron chi connectivity index (χ3n) is 4.27. The first-order valence-electron chi connectivity index (χ1n) is 8.44. The highest BCUT2D eigenvalue weighted by Crippen LogP contribution is 2.29. The normalized spacial score (nSPS) is 17.7. The predicted octanol–water partition coefficient (Wildman–Crippen LogP) is 3.89. The SMILES string of the molecule is C[C@@H](OC(=O)/C=C/c1cccs1)C(=O)N[C@H]1CCCc2ccccc21. The summed E-state index contributed by atoms with van der Waals surface area (Å²) >= 11 is 1.53. The standard InChI is InChI=1S/C20H21NO3S/c1-14(24-19(22)12-11-16-8-5-13-25-16)20(23)21-18-10-4-7-15-6-2-3-9-17(15)18/h2-3,5-6,8-9,11-14,18H,4,7,10H2,1H3,(H,21,23)/b12-11+/t14-,18+/m1/s1. The van der Waals surface area contributed by atoms with E-state index in [1.165, 1.54) is 28.5 Å². The molecule has 1 heterocycles. The first kappa shape index (κ1) is 17.4. The van der Waals surface area contributed by atoms with Crippen LogP contribution in [-0.4, -0.2) is 18.0 Å². The number of carbonyl (C=O) groups is 2. The summed E-state index contributed by atoms with van der Waals surface area (Å²) in [7, 11) is 0. The summed E-state index contributed by atoms with van der Waals surface area (Å²) in [6.45, 7) is 1.60. The van der Waals surface area contributed by atoms with Crippen molar-refractivity contribution >= 4 is 29.3 Å². The fraction of sp³-hybridized carbons (Fsp3) is 0.300. The molecule has 0 saturated carbocycles. The van der Waals surface area contributed by atoms with Crippen LogP contribution in [0.2, 0.25) is 0 Å². The second kappa shape index (κ2) is 8.12. The smallest absolute Gasteiger partial charge is 0.331 e. The minimum Gasteiger partial charge on any atom is -0.449 e. The average Bonchev–Trinajstić information content (AvgIpc) is 3.14. The number of benzene rings is 1. The Morgan fingerprint density at radius 1 is 1.28 bits per heavy atom. The zero-order valence-electron chi connectivity index (χ0n) is 14.1. The molecule has 4 nitrogen and oxygen atoms in total. The first-order valence-corrected chi connectivity index (χ1v) is 9.32. The molecule has 0 saturated heterocycles. The molecule has 0 unspecified atom stereocenters. The number of hydrogen-bond donors (Lipinski definition) is 1. The van der Waals surface area contributed by atoms with Crippen molar-refractivity contribution < 1.29 is 14.3 Å². The van der Waals surface area contributed by atoms with E-state index in [4.69, 9.17) is 4.74 Å². The quantitative estimate of drug-likeness (QED) is 0.654. The zero-order chi connectivity index (χ0) is 17.6. The number of carbonyl (C=O) groups excluding carboxylic acids is 2. The maximum atomic E-state index is 12.4. The zero-order valence-corrected chi connectivity index (χ0v) is 14.9. The molecule has 1 aromatic carbocycles. The average molecular weight is 355 g/mol. The van der Waals surface area contributed by atoms with Gasteiger partial charge in [-0.15, -0.1) is 11.3 Å². The minimum atomic E-state index is -0.824. The highest BCUT2D eigenvalue weighted by Gasteiger charge is 2.24. The summed E-state index contributed by atoms with van der Waals surface area (Å²) in [6.07, 6.45) is 5.21. The number of hydrogen-bond acceptors (Lipinski definition) is 4. The van der Waals surface area contributed by atoms with E-state index in [1.54, 1.807) is 13.0 Å². The van der Waals surface area contributed by atoms with Gasteiger partial charge in [0.15, 0.2) is 6.10 Å². The summed E-state index contributed by atoms with van der Waals surface area (Å²) in [5.41, 5.74) is 2.45. The van der Waals surface area contributed by atoms with Gasteiger partial charge in [-0.25, -0.2) is 4.79 Å². The number of aryl methyl sites for hydroxylation is 1. The van der Waals surface area contributed by atoms with Crippen LogP contribution in [0.25, 0.3) is 6.08 Å². The molecule has 5 heteroatoms. The fourth-order valence-corrected chi connectivity index (χ4v) is 3.61. The van der Waals surface area contributed by atoms with Crippen LogP contribution in [0.1, 0.15) is 41.8 Å². The highest BCUT2D eigenvalue weighted by atomic mass is 32.1. The van der Waals surface area contributed by atoms with Crippen LogP contribution in [0.4, 0.5) is 0 Å². The summed E-state index contributed by atoms with van der Waals surface area (Å²) in [4.78, 5) is 25.2. The number of esters is 1. The minimum absolute atomic E-state index is 0.0136. The van der Waals surface area contributed by atoms with Gasteiger partial charge in [0, 0.05) is 11.0 Å². The topological polar surface area (TPSA) is 55.4 Å². The van der Waals surface area contributed by atoms with Gasteiger partial charge in [0.1, 0.15) is 0 Å². The van der Waals surface area contributed by atoms with Crippen LogP contribution in [-0.2, 0) is 20.7 Å². The van der Waals surface area contributed by atoms with Crippen LogP contribution in [0.15, 0.2) is 47.9 Å². The molecule has 2 atom stereocenters. The molecule has 1 amide bonds. The number of amides is 1. The van der Waals surface area contributed by atoms with Crippen LogP contribution in [0.5, 0.6) is 0 Å². The first-order chi connectivity index (χ1) is 12.1. The number of nitrogens with one attached hydrogen (secondary N) is 1. The van der Waals surface area contributed by atoms with Gasteiger partial charge in [0.2, 0.25) is 0 Å². The van der Waals surface area contributed by atoms with E-state index in [-0.39, 0.29) is 11.9 Å². The molecule has 1 N–H and O–H groups in total. The number of thiophene rings is 1. The summed E-state index contributed by atoms with van der Waals surface area (Å²) in [5, 5.41) is 4.95. The van der Waals surface area contributed by atoms with Crippen molar-refractivity contribution in [2.75, 3.05) is 0 Å². The Morgan fingerprint density at radius 3 is 2.92 bits per heavy atom. The Hall–Kier alpha value is -2.40. The Labute approximate surface area is 151 Å². The van der Waals surface area contributed by atoms with Crippen molar-refractivity contribution in [3.8, 4) is 0 Å². The molecule has 1 aliphatic rings. The van der Waals surface area contributed by atoms with E-state index in [9.17, 15) is 9.59 Å². The molecule has 1 aromatic heterocycles.